The van der Waals surface area contributed by atoms with Gasteiger partial charge in [0.25, 0.3) is 0 Å². The van der Waals surface area contributed by atoms with Crippen LogP contribution in [0.4, 0.5) is 0 Å². The third-order valence-electron chi connectivity index (χ3n) is 3.83. The predicted molar refractivity (Wildman–Crippen MR) is 60.5 cm³/mol. The Labute approximate surface area is 92.0 Å². The Morgan fingerprint density at radius 1 is 1.40 bits per heavy atom. The number of hydrogen-bond donors (Lipinski definition) is 2. The van der Waals surface area contributed by atoms with Gasteiger partial charge in [-0.05, 0) is 44.2 Å². The lowest BCUT2D eigenvalue weighted by Gasteiger charge is -2.31. The van der Waals surface area contributed by atoms with Crippen molar-refractivity contribution in [1.82, 2.24) is 10.6 Å². The van der Waals surface area contributed by atoms with E-state index in [0.29, 0.717) is 17.9 Å². The lowest BCUT2D eigenvalue weighted by molar-refractivity contribution is -0.123. The first-order valence-corrected chi connectivity index (χ1v) is 6.26. The van der Waals surface area contributed by atoms with E-state index < -0.39 is 0 Å². The summed E-state index contributed by atoms with van der Waals surface area (Å²) in [7, 11) is 0. The molecule has 1 aliphatic heterocycles. The summed E-state index contributed by atoms with van der Waals surface area (Å²) >= 11 is 0. The summed E-state index contributed by atoms with van der Waals surface area (Å²) < 4.78 is 0. The molecule has 1 heterocycles. The van der Waals surface area contributed by atoms with Gasteiger partial charge in [0.15, 0.2) is 0 Å². The Hall–Kier alpha value is -0.570. The van der Waals surface area contributed by atoms with Crippen LogP contribution in [0.25, 0.3) is 0 Å². The molecule has 86 valence electrons. The van der Waals surface area contributed by atoms with Crippen molar-refractivity contribution in [3.05, 3.63) is 0 Å². The van der Waals surface area contributed by atoms with E-state index in [1.165, 1.54) is 19.3 Å². The summed E-state index contributed by atoms with van der Waals surface area (Å²) in [6.45, 7) is 4.29. The first kappa shape index (κ1) is 10.9. The summed E-state index contributed by atoms with van der Waals surface area (Å²) in [6, 6.07) is 0.402. The molecule has 3 heteroatoms. The molecule has 0 aromatic carbocycles. The van der Waals surface area contributed by atoms with Gasteiger partial charge in [0.1, 0.15) is 0 Å². The maximum Gasteiger partial charge on any atom is 0.220 e. The van der Waals surface area contributed by atoms with Crippen LogP contribution in [0.15, 0.2) is 0 Å². The monoisotopic (exact) mass is 210 g/mol. The number of rotatable bonds is 3. The lowest BCUT2D eigenvalue weighted by atomic mass is 9.82. The fourth-order valence-corrected chi connectivity index (χ4v) is 2.45. The van der Waals surface area contributed by atoms with Crippen LogP contribution in [0.1, 0.15) is 39.0 Å². The second-order valence-corrected chi connectivity index (χ2v) is 5.15. The van der Waals surface area contributed by atoms with E-state index in [1.54, 1.807) is 0 Å². The van der Waals surface area contributed by atoms with Gasteiger partial charge in [0.05, 0.1) is 0 Å². The Morgan fingerprint density at radius 3 is 2.80 bits per heavy atom. The molecule has 0 aromatic rings. The molecule has 0 spiro atoms. The Balaban J connectivity index is 1.71. The number of hydrogen-bond acceptors (Lipinski definition) is 2. The highest BCUT2D eigenvalue weighted by Crippen LogP contribution is 2.29. The maximum atomic E-state index is 11.7. The summed E-state index contributed by atoms with van der Waals surface area (Å²) in [5, 5.41) is 6.54. The molecular formula is C12H22N2O. The van der Waals surface area contributed by atoms with Crippen LogP contribution < -0.4 is 10.6 Å². The van der Waals surface area contributed by atoms with Crippen LogP contribution in [0, 0.1) is 11.8 Å². The van der Waals surface area contributed by atoms with Gasteiger partial charge in [-0.1, -0.05) is 13.3 Å². The Morgan fingerprint density at radius 2 is 2.20 bits per heavy atom. The summed E-state index contributed by atoms with van der Waals surface area (Å²) in [4.78, 5) is 11.7. The molecule has 0 bridgehead atoms. The first-order valence-electron chi connectivity index (χ1n) is 6.26. The standard InChI is InChI=1S/C12H22N2O/c1-9-8-13-6-5-11(9)14-12(15)7-10-3-2-4-10/h9-11,13H,2-8H2,1H3,(H,14,15). The van der Waals surface area contributed by atoms with Crippen molar-refractivity contribution in [1.29, 1.82) is 0 Å². The SMILES string of the molecule is CC1CNCCC1NC(=O)CC1CCC1. The average molecular weight is 210 g/mol. The first-order chi connectivity index (χ1) is 7.25. The molecule has 2 N–H and O–H groups in total. The van der Waals surface area contributed by atoms with Gasteiger partial charge in [0, 0.05) is 12.5 Å². The zero-order valence-electron chi connectivity index (χ0n) is 9.59. The zero-order valence-corrected chi connectivity index (χ0v) is 9.59. The molecule has 2 fully saturated rings. The van der Waals surface area contributed by atoms with E-state index in [2.05, 4.69) is 17.6 Å². The van der Waals surface area contributed by atoms with E-state index in [9.17, 15) is 4.79 Å². The summed E-state index contributed by atoms with van der Waals surface area (Å²) in [6.07, 6.45) is 5.68. The van der Waals surface area contributed by atoms with Gasteiger partial charge in [0.2, 0.25) is 5.91 Å². The third-order valence-corrected chi connectivity index (χ3v) is 3.83. The molecule has 15 heavy (non-hydrogen) atoms. The molecule has 3 nitrogen and oxygen atoms in total. The molecule has 0 radical (unpaired) electrons. The quantitative estimate of drug-likeness (QED) is 0.737. The minimum atomic E-state index is 0.276. The topological polar surface area (TPSA) is 41.1 Å². The number of nitrogens with one attached hydrogen (secondary N) is 2. The minimum Gasteiger partial charge on any atom is -0.353 e. The van der Waals surface area contributed by atoms with Crippen molar-refractivity contribution >= 4 is 5.91 Å². The molecule has 2 atom stereocenters. The highest BCUT2D eigenvalue weighted by molar-refractivity contribution is 5.76. The highest BCUT2D eigenvalue weighted by Gasteiger charge is 2.25. The van der Waals surface area contributed by atoms with Crippen molar-refractivity contribution in [3.8, 4) is 0 Å². The largest absolute Gasteiger partial charge is 0.353 e. The van der Waals surface area contributed by atoms with Crippen LogP contribution in [-0.2, 0) is 4.79 Å². The van der Waals surface area contributed by atoms with Crippen LogP contribution in [0.3, 0.4) is 0 Å². The van der Waals surface area contributed by atoms with Crippen molar-refractivity contribution in [2.45, 2.75) is 45.1 Å². The summed E-state index contributed by atoms with van der Waals surface area (Å²) in [5.41, 5.74) is 0. The van der Waals surface area contributed by atoms with E-state index in [-0.39, 0.29) is 5.91 Å². The fourth-order valence-electron chi connectivity index (χ4n) is 2.45. The second kappa shape index (κ2) is 4.97. The van der Waals surface area contributed by atoms with Crippen LogP contribution in [0.2, 0.25) is 0 Å². The van der Waals surface area contributed by atoms with Gasteiger partial charge in [-0.3, -0.25) is 4.79 Å². The van der Waals surface area contributed by atoms with Crippen molar-refractivity contribution in [3.63, 3.8) is 0 Å². The van der Waals surface area contributed by atoms with Gasteiger partial charge < -0.3 is 10.6 Å². The van der Waals surface area contributed by atoms with Crippen molar-refractivity contribution < 1.29 is 4.79 Å². The molecule has 2 rings (SSSR count). The van der Waals surface area contributed by atoms with Crippen molar-refractivity contribution in [2.24, 2.45) is 11.8 Å². The van der Waals surface area contributed by atoms with Gasteiger partial charge in [-0.25, -0.2) is 0 Å². The number of carbonyl (C=O) groups is 1. The number of amides is 1. The fraction of sp³-hybridized carbons (Fsp3) is 0.917. The Bertz CT molecular complexity index is 226. The molecule has 1 amide bonds. The normalized spacial score (nSPS) is 32.1. The van der Waals surface area contributed by atoms with Crippen LogP contribution in [0.5, 0.6) is 0 Å². The second-order valence-electron chi connectivity index (χ2n) is 5.15. The molecule has 0 aromatic heterocycles. The molecule has 1 saturated heterocycles. The smallest absolute Gasteiger partial charge is 0.220 e. The third kappa shape index (κ3) is 2.94. The number of piperidine rings is 1. The predicted octanol–water partition coefficient (Wildman–Crippen LogP) is 1.29. The van der Waals surface area contributed by atoms with Gasteiger partial charge in [-0.15, -0.1) is 0 Å². The molecular weight excluding hydrogens is 188 g/mol. The van der Waals surface area contributed by atoms with Gasteiger partial charge >= 0.3 is 0 Å². The van der Waals surface area contributed by atoms with Crippen LogP contribution >= 0.6 is 0 Å². The van der Waals surface area contributed by atoms with E-state index in [0.717, 1.165) is 25.9 Å². The maximum absolute atomic E-state index is 11.7. The van der Waals surface area contributed by atoms with E-state index in [4.69, 9.17) is 0 Å². The van der Waals surface area contributed by atoms with Crippen LogP contribution in [-0.4, -0.2) is 25.0 Å². The minimum absolute atomic E-state index is 0.276. The highest BCUT2D eigenvalue weighted by atomic mass is 16.1. The molecule has 2 unspecified atom stereocenters. The summed E-state index contributed by atoms with van der Waals surface area (Å²) in [5.74, 6) is 1.53. The number of carbonyl (C=O) groups excluding carboxylic acids is 1. The lowest BCUT2D eigenvalue weighted by Crippen LogP contribution is -2.48. The van der Waals surface area contributed by atoms with E-state index >= 15 is 0 Å². The average Bonchev–Trinajstić information content (AvgIpc) is 2.16. The van der Waals surface area contributed by atoms with Gasteiger partial charge in [-0.2, -0.15) is 0 Å². The Kier molecular flexibility index (Phi) is 3.62. The molecule has 1 aliphatic carbocycles. The zero-order chi connectivity index (χ0) is 10.7. The molecule has 1 saturated carbocycles. The van der Waals surface area contributed by atoms with E-state index in [1.807, 2.05) is 0 Å². The van der Waals surface area contributed by atoms with Crippen molar-refractivity contribution in [2.75, 3.05) is 13.1 Å². The molecule has 2 aliphatic rings.